The van der Waals surface area contributed by atoms with E-state index in [1.165, 1.54) is 0 Å². The predicted octanol–water partition coefficient (Wildman–Crippen LogP) is 2.37. The lowest BCUT2D eigenvalue weighted by Crippen LogP contribution is -2.00. The monoisotopic (exact) mass is 227 g/mol. The van der Waals surface area contributed by atoms with Crippen LogP contribution >= 0.6 is 15.9 Å². The third-order valence-electron chi connectivity index (χ3n) is 1.59. The number of halogens is 1. The van der Waals surface area contributed by atoms with Crippen molar-refractivity contribution in [3.8, 4) is 0 Å². The largest absolute Gasteiger partial charge is 0.299 e. The number of ketones is 1. The van der Waals surface area contributed by atoms with Gasteiger partial charge in [-0.15, -0.1) is 0 Å². The Kier molecular flexibility index (Phi) is 3.41. The topological polar surface area (TPSA) is 30.0 Å². The molecule has 12 heavy (non-hydrogen) atoms. The fourth-order valence-corrected chi connectivity index (χ4v) is 1.32. The maximum absolute atomic E-state index is 11.1. The minimum absolute atomic E-state index is 0.258. The highest BCUT2D eigenvalue weighted by molar-refractivity contribution is 9.10. The fourth-order valence-electron chi connectivity index (χ4n) is 0.905. The second-order valence-corrected chi connectivity index (χ2v) is 3.37. The number of nitrogens with zero attached hydrogens (tertiary/aromatic N) is 1. The smallest absolute Gasteiger partial charge is 0.136 e. The summed E-state index contributed by atoms with van der Waals surface area (Å²) in [7, 11) is 0. The van der Waals surface area contributed by atoms with E-state index in [1.54, 1.807) is 6.20 Å². The van der Waals surface area contributed by atoms with Crippen molar-refractivity contribution < 1.29 is 4.79 Å². The molecule has 0 spiro atoms. The molecule has 0 aliphatic carbocycles. The van der Waals surface area contributed by atoms with Crippen molar-refractivity contribution in [2.24, 2.45) is 0 Å². The first-order valence-corrected chi connectivity index (χ1v) is 4.64. The molecule has 3 heteroatoms. The molecule has 0 atom stereocenters. The SMILES string of the molecule is CCC(=O)Cc1ccnc(Br)c1. The molecule has 2 nitrogen and oxygen atoms in total. The summed E-state index contributed by atoms with van der Waals surface area (Å²) in [6, 6.07) is 3.73. The zero-order chi connectivity index (χ0) is 8.97. The van der Waals surface area contributed by atoms with E-state index < -0.39 is 0 Å². The first-order chi connectivity index (χ1) is 5.72. The van der Waals surface area contributed by atoms with Gasteiger partial charge in [-0.3, -0.25) is 4.79 Å². The highest BCUT2D eigenvalue weighted by atomic mass is 79.9. The van der Waals surface area contributed by atoms with E-state index in [1.807, 2.05) is 19.1 Å². The molecule has 0 aromatic carbocycles. The lowest BCUT2D eigenvalue weighted by atomic mass is 10.1. The molecular weight excluding hydrogens is 218 g/mol. The first-order valence-electron chi connectivity index (χ1n) is 3.84. The number of pyridine rings is 1. The summed E-state index contributed by atoms with van der Waals surface area (Å²) in [4.78, 5) is 15.0. The minimum Gasteiger partial charge on any atom is -0.299 e. The molecule has 0 saturated heterocycles. The molecule has 0 bridgehead atoms. The summed E-state index contributed by atoms with van der Waals surface area (Å²) in [5.74, 6) is 0.258. The summed E-state index contributed by atoms with van der Waals surface area (Å²) < 4.78 is 0.781. The summed E-state index contributed by atoms with van der Waals surface area (Å²) in [5.41, 5.74) is 1.02. The summed E-state index contributed by atoms with van der Waals surface area (Å²) in [5, 5.41) is 0. The Morgan fingerprint density at radius 2 is 2.42 bits per heavy atom. The lowest BCUT2D eigenvalue weighted by molar-refractivity contribution is -0.118. The Hall–Kier alpha value is -0.700. The van der Waals surface area contributed by atoms with Gasteiger partial charge in [-0.2, -0.15) is 0 Å². The predicted molar refractivity (Wildman–Crippen MR) is 50.9 cm³/mol. The zero-order valence-electron chi connectivity index (χ0n) is 6.88. The molecule has 1 aromatic rings. The van der Waals surface area contributed by atoms with E-state index in [-0.39, 0.29) is 5.78 Å². The van der Waals surface area contributed by atoms with Gasteiger partial charge in [-0.1, -0.05) is 6.92 Å². The van der Waals surface area contributed by atoms with Crippen molar-refractivity contribution in [2.45, 2.75) is 19.8 Å². The van der Waals surface area contributed by atoms with Crippen molar-refractivity contribution >= 4 is 21.7 Å². The Balaban J connectivity index is 2.69. The van der Waals surface area contributed by atoms with Crippen LogP contribution in [-0.2, 0) is 11.2 Å². The number of hydrogen-bond acceptors (Lipinski definition) is 2. The summed E-state index contributed by atoms with van der Waals surface area (Å²) in [6.07, 6.45) is 2.81. The maximum atomic E-state index is 11.1. The van der Waals surface area contributed by atoms with E-state index in [2.05, 4.69) is 20.9 Å². The van der Waals surface area contributed by atoms with Crippen LogP contribution in [0.25, 0.3) is 0 Å². The van der Waals surface area contributed by atoms with E-state index in [0.29, 0.717) is 12.8 Å². The van der Waals surface area contributed by atoms with Crippen LogP contribution < -0.4 is 0 Å². The fraction of sp³-hybridized carbons (Fsp3) is 0.333. The number of carbonyl (C=O) groups excluding carboxylic acids is 1. The highest BCUT2D eigenvalue weighted by Crippen LogP contribution is 2.09. The molecule has 64 valence electrons. The van der Waals surface area contributed by atoms with Crippen molar-refractivity contribution in [1.29, 1.82) is 0 Å². The molecule has 1 rings (SSSR count). The number of carbonyl (C=O) groups is 1. The molecule has 0 aliphatic rings. The van der Waals surface area contributed by atoms with Crippen molar-refractivity contribution in [3.05, 3.63) is 28.5 Å². The molecule has 1 aromatic heterocycles. The zero-order valence-corrected chi connectivity index (χ0v) is 8.47. The van der Waals surface area contributed by atoms with Gasteiger partial charge in [-0.25, -0.2) is 4.98 Å². The van der Waals surface area contributed by atoms with Crippen LogP contribution in [-0.4, -0.2) is 10.8 Å². The Morgan fingerprint density at radius 3 is 3.00 bits per heavy atom. The maximum Gasteiger partial charge on any atom is 0.136 e. The molecule has 0 unspecified atom stereocenters. The van der Waals surface area contributed by atoms with E-state index >= 15 is 0 Å². The molecule has 0 aliphatic heterocycles. The van der Waals surface area contributed by atoms with Crippen LogP contribution in [0.2, 0.25) is 0 Å². The molecule has 0 radical (unpaired) electrons. The van der Waals surface area contributed by atoms with Gasteiger partial charge in [0.1, 0.15) is 10.4 Å². The standard InChI is InChI=1S/C9H10BrNO/c1-2-8(12)5-7-3-4-11-9(10)6-7/h3-4,6H,2,5H2,1H3. The third-order valence-corrected chi connectivity index (χ3v) is 2.02. The summed E-state index contributed by atoms with van der Waals surface area (Å²) >= 11 is 3.25. The lowest BCUT2D eigenvalue weighted by Gasteiger charge is -1.98. The van der Waals surface area contributed by atoms with Gasteiger partial charge in [0.2, 0.25) is 0 Å². The van der Waals surface area contributed by atoms with Gasteiger partial charge in [0.25, 0.3) is 0 Å². The second kappa shape index (κ2) is 4.36. The van der Waals surface area contributed by atoms with Crippen LogP contribution in [0.15, 0.2) is 22.9 Å². The number of rotatable bonds is 3. The van der Waals surface area contributed by atoms with Gasteiger partial charge in [0, 0.05) is 19.0 Å². The van der Waals surface area contributed by atoms with E-state index in [4.69, 9.17) is 0 Å². The quantitative estimate of drug-likeness (QED) is 0.743. The first kappa shape index (κ1) is 9.39. The molecule has 0 fully saturated rings. The normalized spacial score (nSPS) is 9.83. The molecule has 0 saturated carbocycles. The molecule has 1 heterocycles. The van der Waals surface area contributed by atoms with E-state index in [0.717, 1.165) is 10.2 Å². The van der Waals surface area contributed by atoms with Crippen molar-refractivity contribution in [2.75, 3.05) is 0 Å². The van der Waals surface area contributed by atoms with Gasteiger partial charge in [-0.05, 0) is 33.6 Å². The van der Waals surface area contributed by atoms with Crippen molar-refractivity contribution in [3.63, 3.8) is 0 Å². The van der Waals surface area contributed by atoms with Crippen LogP contribution in [0.1, 0.15) is 18.9 Å². The molecular formula is C9H10BrNO. The van der Waals surface area contributed by atoms with Crippen LogP contribution in [0.4, 0.5) is 0 Å². The average Bonchev–Trinajstić information content (AvgIpc) is 2.04. The van der Waals surface area contributed by atoms with Gasteiger partial charge in [0.05, 0.1) is 0 Å². The highest BCUT2D eigenvalue weighted by Gasteiger charge is 2.00. The molecule has 0 amide bonds. The minimum atomic E-state index is 0.258. The van der Waals surface area contributed by atoms with Gasteiger partial charge in [0.15, 0.2) is 0 Å². The van der Waals surface area contributed by atoms with Crippen LogP contribution in [0, 0.1) is 0 Å². The number of Topliss-reactive ketones (excluding diaryl/α,β-unsaturated/α-hetero) is 1. The molecule has 0 N–H and O–H groups in total. The van der Waals surface area contributed by atoms with Gasteiger partial charge >= 0.3 is 0 Å². The number of aromatic nitrogens is 1. The number of hydrogen-bond donors (Lipinski definition) is 0. The van der Waals surface area contributed by atoms with Gasteiger partial charge < -0.3 is 0 Å². The second-order valence-electron chi connectivity index (χ2n) is 2.56. The summed E-state index contributed by atoms with van der Waals surface area (Å²) in [6.45, 7) is 1.87. The Morgan fingerprint density at radius 1 is 1.67 bits per heavy atom. The van der Waals surface area contributed by atoms with Crippen LogP contribution in [0.5, 0.6) is 0 Å². The average molecular weight is 228 g/mol. The van der Waals surface area contributed by atoms with Crippen molar-refractivity contribution in [1.82, 2.24) is 4.98 Å². The van der Waals surface area contributed by atoms with Crippen LogP contribution in [0.3, 0.4) is 0 Å². The third kappa shape index (κ3) is 2.74. The van der Waals surface area contributed by atoms with E-state index in [9.17, 15) is 4.79 Å². The Labute approximate surface area is 80.1 Å². The Bertz CT molecular complexity index is 286.